The highest BCUT2D eigenvalue weighted by atomic mass is 16.5. The van der Waals surface area contributed by atoms with Crippen molar-refractivity contribution in [3.05, 3.63) is 71.4 Å². The Morgan fingerprint density at radius 2 is 1.82 bits per heavy atom. The van der Waals surface area contributed by atoms with Gasteiger partial charge < -0.3 is 4.74 Å². The number of hydrogen-bond acceptors (Lipinski definition) is 3. The van der Waals surface area contributed by atoms with Gasteiger partial charge in [0.2, 0.25) is 0 Å². The summed E-state index contributed by atoms with van der Waals surface area (Å²) in [5, 5.41) is 0. The molecule has 0 aliphatic carbocycles. The van der Waals surface area contributed by atoms with Crippen LogP contribution >= 0.6 is 0 Å². The molecule has 0 saturated heterocycles. The number of Topliss-reactive ketones (excluding diaryl/α,β-unsaturated/α-hetero) is 1. The number of rotatable bonds is 4. The summed E-state index contributed by atoms with van der Waals surface area (Å²) in [5.74, 6) is 0.894. The van der Waals surface area contributed by atoms with E-state index in [0.29, 0.717) is 18.7 Å². The number of ketones is 1. The van der Waals surface area contributed by atoms with Crippen LogP contribution in [0, 0.1) is 0 Å². The summed E-state index contributed by atoms with van der Waals surface area (Å²) in [6, 6.07) is 17.7. The van der Waals surface area contributed by atoms with Gasteiger partial charge in [0.05, 0.1) is 6.42 Å². The van der Waals surface area contributed by atoms with E-state index in [-0.39, 0.29) is 5.78 Å². The Bertz CT molecular complexity index is 728. The number of benzene rings is 2. The Labute approximate surface area is 130 Å². The molecule has 0 unspecified atom stereocenters. The second kappa shape index (κ2) is 6.39. The first-order valence-corrected chi connectivity index (χ1v) is 7.26. The van der Waals surface area contributed by atoms with Crippen LogP contribution in [0.3, 0.4) is 0 Å². The molecule has 1 aliphatic heterocycles. The molecule has 0 bridgehead atoms. The highest BCUT2D eigenvalue weighted by molar-refractivity contribution is 6.16. The van der Waals surface area contributed by atoms with Gasteiger partial charge >= 0.3 is 0 Å². The molecule has 0 aromatic heterocycles. The Hall–Kier alpha value is -2.68. The normalized spacial score (nSPS) is 16.0. The molecule has 0 saturated carbocycles. The van der Waals surface area contributed by atoms with Gasteiger partial charge in [-0.3, -0.25) is 9.79 Å². The molecule has 1 aliphatic rings. The lowest BCUT2D eigenvalue weighted by molar-refractivity contribution is -0.114. The minimum atomic E-state index is 0.0851. The molecule has 0 N–H and O–H groups in total. The van der Waals surface area contributed by atoms with E-state index in [9.17, 15) is 4.79 Å². The van der Waals surface area contributed by atoms with Gasteiger partial charge in [-0.15, -0.1) is 0 Å². The van der Waals surface area contributed by atoms with Crippen LogP contribution in [0.4, 0.5) is 0 Å². The Morgan fingerprint density at radius 1 is 1.09 bits per heavy atom. The quantitative estimate of drug-likeness (QED) is 0.797. The van der Waals surface area contributed by atoms with E-state index in [1.165, 1.54) is 0 Å². The topological polar surface area (TPSA) is 38.7 Å². The van der Waals surface area contributed by atoms with Gasteiger partial charge in [0.1, 0.15) is 18.1 Å². The summed E-state index contributed by atoms with van der Waals surface area (Å²) in [7, 11) is 0. The van der Waals surface area contributed by atoms with E-state index in [1.807, 2.05) is 67.6 Å². The highest BCUT2D eigenvalue weighted by Gasteiger charge is 2.17. The number of hydrogen-bond donors (Lipinski definition) is 0. The minimum Gasteiger partial charge on any atom is -0.489 e. The first-order chi connectivity index (χ1) is 10.7. The van der Waals surface area contributed by atoms with Crippen molar-refractivity contribution >= 4 is 17.6 Å². The largest absolute Gasteiger partial charge is 0.489 e. The summed E-state index contributed by atoms with van der Waals surface area (Å²) in [6.45, 7) is 2.42. The lowest BCUT2D eigenvalue weighted by atomic mass is 10.1. The highest BCUT2D eigenvalue weighted by Crippen LogP contribution is 2.19. The summed E-state index contributed by atoms with van der Waals surface area (Å²) in [4.78, 5) is 16.0. The van der Waals surface area contributed by atoms with Crippen LogP contribution in [0.1, 0.15) is 24.5 Å². The summed E-state index contributed by atoms with van der Waals surface area (Å²) >= 11 is 0. The molecule has 0 amide bonds. The third-order valence-corrected chi connectivity index (χ3v) is 3.45. The number of ether oxygens (including phenoxy) is 1. The van der Waals surface area contributed by atoms with Crippen LogP contribution in [-0.2, 0) is 11.4 Å². The number of aliphatic imine (C=N–C) groups is 1. The zero-order chi connectivity index (χ0) is 15.4. The van der Waals surface area contributed by atoms with Crippen LogP contribution in [0.5, 0.6) is 5.75 Å². The predicted octanol–water partition coefficient (Wildman–Crippen LogP) is 4.04. The van der Waals surface area contributed by atoms with E-state index < -0.39 is 0 Å². The molecule has 0 fully saturated rings. The van der Waals surface area contributed by atoms with Crippen molar-refractivity contribution in [3.63, 3.8) is 0 Å². The van der Waals surface area contributed by atoms with Crippen LogP contribution in [0.15, 0.2) is 65.3 Å². The van der Waals surface area contributed by atoms with Crippen LogP contribution < -0.4 is 4.74 Å². The molecule has 2 aromatic rings. The fourth-order valence-corrected chi connectivity index (χ4v) is 2.30. The van der Waals surface area contributed by atoms with Crippen LogP contribution in [-0.4, -0.2) is 11.5 Å². The van der Waals surface area contributed by atoms with Gasteiger partial charge in [-0.05, 0) is 36.3 Å². The lowest BCUT2D eigenvalue weighted by Crippen LogP contribution is -1.95. The van der Waals surface area contributed by atoms with E-state index >= 15 is 0 Å². The molecule has 1 heterocycles. The van der Waals surface area contributed by atoms with E-state index in [1.54, 1.807) is 0 Å². The van der Waals surface area contributed by atoms with Crippen molar-refractivity contribution in [2.75, 3.05) is 0 Å². The van der Waals surface area contributed by atoms with Gasteiger partial charge in [-0.25, -0.2) is 0 Å². The first-order valence-electron chi connectivity index (χ1n) is 7.26. The molecule has 3 rings (SSSR count). The van der Waals surface area contributed by atoms with Crippen LogP contribution in [0.25, 0.3) is 6.08 Å². The van der Waals surface area contributed by atoms with Gasteiger partial charge in [0.15, 0.2) is 5.78 Å². The Morgan fingerprint density at radius 3 is 2.45 bits per heavy atom. The molecule has 110 valence electrons. The summed E-state index contributed by atoms with van der Waals surface area (Å²) in [6.07, 6.45) is 2.25. The molecule has 0 atom stereocenters. The molecular formula is C19H17NO2. The number of carbonyl (C=O) groups is 1. The predicted molar refractivity (Wildman–Crippen MR) is 87.9 cm³/mol. The zero-order valence-electron chi connectivity index (χ0n) is 12.5. The van der Waals surface area contributed by atoms with Crippen molar-refractivity contribution in [3.8, 4) is 5.75 Å². The van der Waals surface area contributed by atoms with Gasteiger partial charge in [-0.1, -0.05) is 42.5 Å². The SMILES string of the molecule is CC1=NC(=Cc2ccc(OCc3ccccc3)cc2)C(=O)C1. The Balaban J connectivity index is 1.66. The average molecular weight is 291 g/mol. The maximum atomic E-state index is 11.7. The maximum Gasteiger partial charge on any atom is 0.186 e. The second-order valence-corrected chi connectivity index (χ2v) is 5.32. The zero-order valence-corrected chi connectivity index (χ0v) is 12.5. The van der Waals surface area contributed by atoms with Crippen molar-refractivity contribution < 1.29 is 9.53 Å². The van der Waals surface area contributed by atoms with Crippen molar-refractivity contribution in [2.24, 2.45) is 4.99 Å². The average Bonchev–Trinajstić information content (AvgIpc) is 2.85. The molecule has 3 heteroatoms. The molecule has 2 aromatic carbocycles. The second-order valence-electron chi connectivity index (χ2n) is 5.32. The van der Waals surface area contributed by atoms with Gasteiger partial charge in [-0.2, -0.15) is 0 Å². The molecule has 0 radical (unpaired) electrons. The fraction of sp³-hybridized carbons (Fsp3) is 0.158. The number of carbonyl (C=O) groups excluding carboxylic acids is 1. The number of nitrogens with zero attached hydrogens (tertiary/aromatic N) is 1. The Kier molecular flexibility index (Phi) is 4.15. The molecular weight excluding hydrogens is 274 g/mol. The van der Waals surface area contributed by atoms with Crippen molar-refractivity contribution in [1.29, 1.82) is 0 Å². The van der Waals surface area contributed by atoms with E-state index in [4.69, 9.17) is 4.74 Å². The lowest BCUT2D eigenvalue weighted by Gasteiger charge is -2.06. The third kappa shape index (κ3) is 3.50. The smallest absolute Gasteiger partial charge is 0.186 e. The van der Waals surface area contributed by atoms with E-state index in [2.05, 4.69) is 4.99 Å². The fourth-order valence-electron chi connectivity index (χ4n) is 2.30. The summed E-state index contributed by atoms with van der Waals surface area (Å²) < 4.78 is 5.74. The van der Waals surface area contributed by atoms with Crippen molar-refractivity contribution in [2.45, 2.75) is 20.0 Å². The molecule has 22 heavy (non-hydrogen) atoms. The van der Waals surface area contributed by atoms with Crippen LogP contribution in [0.2, 0.25) is 0 Å². The first kappa shape index (κ1) is 14.3. The monoisotopic (exact) mass is 291 g/mol. The number of allylic oxidation sites excluding steroid dienone is 1. The minimum absolute atomic E-state index is 0.0851. The van der Waals surface area contributed by atoms with E-state index in [0.717, 1.165) is 22.6 Å². The summed E-state index contributed by atoms with van der Waals surface area (Å²) in [5.41, 5.74) is 3.50. The molecule has 0 spiro atoms. The van der Waals surface area contributed by atoms with Crippen molar-refractivity contribution in [1.82, 2.24) is 0 Å². The molecule has 3 nitrogen and oxygen atoms in total. The van der Waals surface area contributed by atoms with Gasteiger partial charge in [0, 0.05) is 5.71 Å². The standard InChI is InChI=1S/C19H17NO2/c1-14-11-19(21)18(20-14)12-15-7-9-17(10-8-15)22-13-16-5-3-2-4-6-16/h2-10,12H,11,13H2,1H3. The maximum absolute atomic E-state index is 11.7. The van der Waals surface area contributed by atoms with Gasteiger partial charge in [0.25, 0.3) is 0 Å². The third-order valence-electron chi connectivity index (χ3n) is 3.45.